The van der Waals surface area contributed by atoms with Gasteiger partial charge in [0.25, 0.3) is 0 Å². The van der Waals surface area contributed by atoms with Crippen LogP contribution in [0.2, 0.25) is 0 Å². The van der Waals surface area contributed by atoms with Crippen LogP contribution in [0, 0.1) is 5.92 Å². The first-order valence-corrected chi connectivity index (χ1v) is 7.19. The summed E-state index contributed by atoms with van der Waals surface area (Å²) in [7, 11) is 1.69. The maximum Gasteiger partial charge on any atom is 0.118 e. The molecule has 0 saturated heterocycles. The molecule has 1 aromatic rings. The molecule has 0 heterocycles. The zero-order valence-corrected chi connectivity index (χ0v) is 11.4. The van der Waals surface area contributed by atoms with Crippen molar-refractivity contribution in [1.29, 1.82) is 0 Å². The molecule has 1 saturated carbocycles. The third kappa shape index (κ3) is 3.74. The fourth-order valence-corrected chi connectivity index (χ4v) is 2.95. The first-order chi connectivity index (χ1) is 8.79. The Labute approximate surface area is 111 Å². The highest BCUT2D eigenvalue weighted by Gasteiger charge is 2.16. The largest absolute Gasteiger partial charge is 0.497 e. The van der Waals surface area contributed by atoms with E-state index in [1.165, 1.54) is 44.1 Å². The quantitative estimate of drug-likeness (QED) is 0.814. The molecule has 1 aromatic carbocycles. The molecule has 1 fully saturated rings. The van der Waals surface area contributed by atoms with Crippen molar-refractivity contribution in [2.24, 2.45) is 11.7 Å². The fraction of sp³-hybridized carbons (Fsp3) is 0.625. The number of benzene rings is 1. The van der Waals surface area contributed by atoms with Gasteiger partial charge in [-0.1, -0.05) is 50.7 Å². The summed E-state index contributed by atoms with van der Waals surface area (Å²) < 4.78 is 5.17. The molecule has 1 unspecified atom stereocenters. The summed E-state index contributed by atoms with van der Waals surface area (Å²) in [4.78, 5) is 0. The van der Waals surface area contributed by atoms with Crippen LogP contribution in [0.5, 0.6) is 5.75 Å². The normalized spacial score (nSPS) is 19.2. The molecule has 2 nitrogen and oxygen atoms in total. The van der Waals surface area contributed by atoms with Gasteiger partial charge in [0, 0.05) is 6.04 Å². The van der Waals surface area contributed by atoms with E-state index in [2.05, 4.69) is 12.1 Å². The Morgan fingerprint density at radius 1 is 1.11 bits per heavy atom. The summed E-state index contributed by atoms with van der Waals surface area (Å²) in [5.74, 6) is 1.73. The van der Waals surface area contributed by atoms with Crippen LogP contribution in [0.4, 0.5) is 0 Å². The molecule has 1 aliphatic carbocycles. The number of ether oxygens (including phenoxy) is 1. The van der Waals surface area contributed by atoms with Crippen molar-refractivity contribution in [1.82, 2.24) is 0 Å². The van der Waals surface area contributed by atoms with E-state index in [0.717, 1.165) is 18.1 Å². The lowest BCUT2D eigenvalue weighted by Crippen LogP contribution is -2.15. The number of methoxy groups -OCH3 is 1. The SMILES string of the molecule is COc1ccc(C(N)CC2CCCCCC2)cc1. The Bertz CT molecular complexity index is 339. The van der Waals surface area contributed by atoms with Crippen LogP contribution in [0.25, 0.3) is 0 Å². The zero-order chi connectivity index (χ0) is 12.8. The molecular formula is C16H25NO. The third-order valence-corrected chi connectivity index (χ3v) is 4.11. The van der Waals surface area contributed by atoms with E-state index in [9.17, 15) is 0 Å². The van der Waals surface area contributed by atoms with E-state index < -0.39 is 0 Å². The Hall–Kier alpha value is -1.02. The summed E-state index contributed by atoms with van der Waals surface area (Å²) in [5, 5.41) is 0. The fourth-order valence-electron chi connectivity index (χ4n) is 2.95. The van der Waals surface area contributed by atoms with Crippen LogP contribution < -0.4 is 10.5 Å². The smallest absolute Gasteiger partial charge is 0.118 e. The lowest BCUT2D eigenvalue weighted by atomic mass is 9.90. The van der Waals surface area contributed by atoms with E-state index in [1.54, 1.807) is 7.11 Å². The highest BCUT2D eigenvalue weighted by Crippen LogP contribution is 2.30. The van der Waals surface area contributed by atoms with E-state index in [0.29, 0.717) is 0 Å². The summed E-state index contributed by atoms with van der Waals surface area (Å²) in [6.45, 7) is 0. The lowest BCUT2D eigenvalue weighted by Gasteiger charge is -2.19. The van der Waals surface area contributed by atoms with Gasteiger partial charge < -0.3 is 10.5 Å². The molecule has 2 rings (SSSR count). The van der Waals surface area contributed by atoms with Gasteiger partial charge >= 0.3 is 0 Å². The zero-order valence-electron chi connectivity index (χ0n) is 11.4. The van der Waals surface area contributed by atoms with Crippen molar-refractivity contribution in [3.8, 4) is 5.75 Å². The van der Waals surface area contributed by atoms with Gasteiger partial charge in [-0.15, -0.1) is 0 Å². The predicted octanol–water partition coefficient (Wildman–Crippen LogP) is 4.06. The summed E-state index contributed by atoms with van der Waals surface area (Å²) in [5.41, 5.74) is 7.56. The molecule has 0 radical (unpaired) electrons. The standard InChI is InChI=1S/C16H25NO/c1-18-15-10-8-14(9-11-15)16(17)12-13-6-4-2-3-5-7-13/h8-11,13,16H,2-7,12,17H2,1H3. The minimum atomic E-state index is 0.180. The molecule has 2 N–H and O–H groups in total. The molecule has 1 atom stereocenters. The van der Waals surface area contributed by atoms with Crippen LogP contribution in [0.15, 0.2) is 24.3 Å². The maximum atomic E-state index is 6.33. The van der Waals surface area contributed by atoms with Gasteiger partial charge in [-0.05, 0) is 30.0 Å². The lowest BCUT2D eigenvalue weighted by molar-refractivity contribution is 0.392. The third-order valence-electron chi connectivity index (χ3n) is 4.11. The molecule has 0 bridgehead atoms. The summed E-state index contributed by atoms with van der Waals surface area (Å²) in [6.07, 6.45) is 9.46. The van der Waals surface area contributed by atoms with Crippen molar-refractivity contribution in [2.45, 2.75) is 51.0 Å². The van der Waals surface area contributed by atoms with Gasteiger partial charge in [0.15, 0.2) is 0 Å². The number of hydrogen-bond acceptors (Lipinski definition) is 2. The van der Waals surface area contributed by atoms with Crippen molar-refractivity contribution in [3.05, 3.63) is 29.8 Å². The van der Waals surface area contributed by atoms with Crippen LogP contribution in [0.1, 0.15) is 56.6 Å². The molecule has 0 aliphatic heterocycles. The number of rotatable bonds is 4. The van der Waals surface area contributed by atoms with Crippen molar-refractivity contribution in [2.75, 3.05) is 7.11 Å². The molecule has 2 heteroatoms. The average molecular weight is 247 g/mol. The highest BCUT2D eigenvalue weighted by molar-refractivity contribution is 5.28. The molecule has 100 valence electrons. The summed E-state index contributed by atoms with van der Waals surface area (Å²) in [6, 6.07) is 8.38. The molecule has 18 heavy (non-hydrogen) atoms. The van der Waals surface area contributed by atoms with Crippen molar-refractivity contribution < 1.29 is 4.74 Å². The van der Waals surface area contributed by atoms with Gasteiger partial charge in [-0.3, -0.25) is 0 Å². The Balaban J connectivity index is 1.90. The van der Waals surface area contributed by atoms with Gasteiger partial charge in [-0.2, -0.15) is 0 Å². The number of hydrogen-bond donors (Lipinski definition) is 1. The minimum Gasteiger partial charge on any atom is -0.497 e. The topological polar surface area (TPSA) is 35.2 Å². The predicted molar refractivity (Wildman–Crippen MR) is 75.7 cm³/mol. The first kappa shape index (κ1) is 13.4. The van der Waals surface area contributed by atoms with Gasteiger partial charge in [0.1, 0.15) is 5.75 Å². The van der Waals surface area contributed by atoms with Crippen molar-refractivity contribution in [3.63, 3.8) is 0 Å². The summed E-state index contributed by atoms with van der Waals surface area (Å²) >= 11 is 0. The van der Waals surface area contributed by atoms with Crippen LogP contribution in [0.3, 0.4) is 0 Å². The van der Waals surface area contributed by atoms with Gasteiger partial charge in [-0.25, -0.2) is 0 Å². The Morgan fingerprint density at radius 3 is 2.28 bits per heavy atom. The Morgan fingerprint density at radius 2 is 1.72 bits per heavy atom. The molecule has 0 spiro atoms. The molecule has 0 amide bonds. The van der Waals surface area contributed by atoms with Crippen LogP contribution in [-0.4, -0.2) is 7.11 Å². The highest BCUT2D eigenvalue weighted by atomic mass is 16.5. The minimum absolute atomic E-state index is 0.180. The van der Waals surface area contributed by atoms with E-state index in [-0.39, 0.29) is 6.04 Å². The average Bonchev–Trinajstić information content (AvgIpc) is 2.67. The van der Waals surface area contributed by atoms with Crippen LogP contribution >= 0.6 is 0 Å². The second-order valence-corrected chi connectivity index (χ2v) is 5.47. The maximum absolute atomic E-state index is 6.33. The molecule has 1 aliphatic rings. The van der Waals surface area contributed by atoms with Gasteiger partial charge in [0.2, 0.25) is 0 Å². The second-order valence-electron chi connectivity index (χ2n) is 5.47. The monoisotopic (exact) mass is 247 g/mol. The van der Waals surface area contributed by atoms with E-state index in [4.69, 9.17) is 10.5 Å². The van der Waals surface area contributed by atoms with E-state index >= 15 is 0 Å². The van der Waals surface area contributed by atoms with Crippen molar-refractivity contribution >= 4 is 0 Å². The second kappa shape index (κ2) is 6.79. The molecular weight excluding hydrogens is 222 g/mol. The first-order valence-electron chi connectivity index (χ1n) is 7.19. The number of nitrogens with two attached hydrogens (primary N) is 1. The Kier molecular flexibility index (Phi) is 5.06. The molecule has 0 aromatic heterocycles. The van der Waals surface area contributed by atoms with E-state index in [1.807, 2.05) is 12.1 Å². The van der Waals surface area contributed by atoms with Crippen LogP contribution in [-0.2, 0) is 0 Å². The van der Waals surface area contributed by atoms with Gasteiger partial charge in [0.05, 0.1) is 7.11 Å².